The molecule has 3 aromatic carbocycles. The van der Waals surface area contributed by atoms with E-state index in [-0.39, 0.29) is 11.0 Å². The van der Waals surface area contributed by atoms with Crippen LogP contribution >= 0.6 is 0 Å². The van der Waals surface area contributed by atoms with Crippen molar-refractivity contribution >= 4 is 43.4 Å². The van der Waals surface area contributed by atoms with Gasteiger partial charge in [-0.3, -0.25) is 0 Å². The summed E-state index contributed by atoms with van der Waals surface area (Å²) in [5, 5.41) is 6.12. The molecule has 0 spiro atoms. The van der Waals surface area contributed by atoms with E-state index in [9.17, 15) is 0 Å². The first-order chi connectivity index (χ1) is 19.9. The average Bonchev–Trinajstić information content (AvgIpc) is 3.67. The number of benzene rings is 3. The second kappa shape index (κ2) is 10.4. The van der Waals surface area contributed by atoms with Crippen molar-refractivity contribution < 1.29 is 4.42 Å². The first-order valence-corrected chi connectivity index (χ1v) is 20.9. The summed E-state index contributed by atoms with van der Waals surface area (Å²) in [6.07, 6.45) is 6.05. The minimum absolute atomic E-state index is 0.117. The SMILES string of the molecule is CC1=C([Si](c2ccccc2)(c2ccccc2)C2C(c3ccc(C)o3)=Cc3c2cccc3[Si](C)(C)C)CC(C(C)(C)C)=C1. The van der Waals surface area contributed by atoms with Crippen LogP contribution in [-0.4, -0.2) is 16.1 Å². The van der Waals surface area contributed by atoms with Gasteiger partial charge in [-0.25, -0.2) is 0 Å². The fourth-order valence-corrected chi connectivity index (χ4v) is 15.1. The summed E-state index contributed by atoms with van der Waals surface area (Å²) in [5.41, 5.74) is 7.55. The molecule has 4 aromatic rings. The number of hydrogen-bond donors (Lipinski definition) is 0. The summed E-state index contributed by atoms with van der Waals surface area (Å²) in [6, 6.07) is 34.5. The third kappa shape index (κ3) is 4.67. The van der Waals surface area contributed by atoms with Gasteiger partial charge >= 0.3 is 0 Å². The molecular formula is C39H44OSi2. The van der Waals surface area contributed by atoms with Crippen LogP contribution in [0, 0.1) is 12.3 Å². The summed E-state index contributed by atoms with van der Waals surface area (Å²) in [5.74, 6) is 1.98. The van der Waals surface area contributed by atoms with E-state index in [4.69, 9.17) is 4.42 Å². The minimum Gasteiger partial charge on any atom is -0.462 e. The molecule has 6 rings (SSSR count). The Morgan fingerprint density at radius 2 is 1.33 bits per heavy atom. The lowest BCUT2D eigenvalue weighted by atomic mass is 9.86. The number of allylic oxidation sites excluding steroid dienone is 5. The first-order valence-electron chi connectivity index (χ1n) is 15.4. The maximum Gasteiger partial charge on any atom is 0.156 e. The van der Waals surface area contributed by atoms with E-state index in [1.165, 1.54) is 43.4 Å². The van der Waals surface area contributed by atoms with Crippen LogP contribution < -0.4 is 15.6 Å². The molecule has 1 atom stereocenters. The Kier molecular flexibility index (Phi) is 7.10. The molecule has 214 valence electrons. The molecule has 0 aliphatic heterocycles. The highest BCUT2D eigenvalue weighted by atomic mass is 28.3. The van der Waals surface area contributed by atoms with Crippen molar-refractivity contribution in [3.63, 3.8) is 0 Å². The van der Waals surface area contributed by atoms with Crippen LogP contribution in [0.5, 0.6) is 0 Å². The Hall–Kier alpha value is -3.41. The molecule has 1 heterocycles. The normalized spacial score (nSPS) is 17.4. The van der Waals surface area contributed by atoms with Crippen LogP contribution in [0.25, 0.3) is 11.6 Å². The predicted octanol–water partition coefficient (Wildman–Crippen LogP) is 8.81. The highest BCUT2D eigenvalue weighted by molar-refractivity contribution is 7.09. The van der Waals surface area contributed by atoms with Gasteiger partial charge in [-0.15, -0.1) is 0 Å². The zero-order valence-corrected chi connectivity index (χ0v) is 28.5. The molecule has 2 aliphatic carbocycles. The van der Waals surface area contributed by atoms with Crippen LogP contribution in [0.1, 0.15) is 62.3 Å². The van der Waals surface area contributed by atoms with Gasteiger partial charge in [-0.05, 0) is 65.4 Å². The van der Waals surface area contributed by atoms with Gasteiger partial charge in [0, 0.05) is 11.1 Å². The summed E-state index contributed by atoms with van der Waals surface area (Å²) in [6.45, 7) is 19.0. The van der Waals surface area contributed by atoms with Gasteiger partial charge in [0.25, 0.3) is 0 Å². The van der Waals surface area contributed by atoms with Gasteiger partial charge in [-0.1, -0.05) is 147 Å². The van der Waals surface area contributed by atoms with Crippen molar-refractivity contribution in [2.45, 2.75) is 66.2 Å². The van der Waals surface area contributed by atoms with Crippen molar-refractivity contribution in [2.24, 2.45) is 5.41 Å². The first kappa shape index (κ1) is 28.7. The predicted molar refractivity (Wildman–Crippen MR) is 186 cm³/mol. The number of fused-ring (bicyclic) bond motifs is 1. The van der Waals surface area contributed by atoms with Crippen molar-refractivity contribution in [1.29, 1.82) is 0 Å². The van der Waals surface area contributed by atoms with Gasteiger partial charge in [0.15, 0.2) is 8.07 Å². The quantitative estimate of drug-likeness (QED) is 0.206. The van der Waals surface area contributed by atoms with Gasteiger partial charge < -0.3 is 4.42 Å². The summed E-state index contributed by atoms with van der Waals surface area (Å²) >= 11 is 0. The lowest BCUT2D eigenvalue weighted by molar-refractivity contribution is 0.495. The molecule has 1 nitrogen and oxygen atoms in total. The average molecular weight is 585 g/mol. The lowest BCUT2D eigenvalue weighted by Gasteiger charge is -2.43. The molecule has 0 N–H and O–H groups in total. The number of furan rings is 1. The van der Waals surface area contributed by atoms with Crippen LogP contribution in [0.4, 0.5) is 0 Å². The van der Waals surface area contributed by atoms with Gasteiger partial charge in [0.2, 0.25) is 0 Å². The van der Waals surface area contributed by atoms with Crippen LogP contribution in [0.3, 0.4) is 0 Å². The molecule has 0 saturated carbocycles. The Balaban J connectivity index is 1.75. The molecular weight excluding hydrogens is 541 g/mol. The number of rotatable bonds is 6. The van der Waals surface area contributed by atoms with Gasteiger partial charge in [-0.2, -0.15) is 0 Å². The molecule has 3 heteroatoms. The van der Waals surface area contributed by atoms with E-state index < -0.39 is 16.1 Å². The maximum absolute atomic E-state index is 6.52. The van der Waals surface area contributed by atoms with E-state index in [1.807, 2.05) is 0 Å². The third-order valence-electron chi connectivity index (χ3n) is 9.46. The van der Waals surface area contributed by atoms with Gasteiger partial charge in [0.05, 0.1) is 8.07 Å². The molecule has 1 aromatic heterocycles. The second-order valence-corrected chi connectivity index (χ2v) is 23.3. The second-order valence-electron chi connectivity index (χ2n) is 14.3. The van der Waals surface area contributed by atoms with Crippen molar-refractivity contribution in [3.8, 4) is 0 Å². The number of hydrogen-bond acceptors (Lipinski definition) is 1. The van der Waals surface area contributed by atoms with E-state index >= 15 is 0 Å². The molecule has 1 unspecified atom stereocenters. The zero-order chi connectivity index (χ0) is 29.9. The highest BCUT2D eigenvalue weighted by Crippen LogP contribution is 2.52. The van der Waals surface area contributed by atoms with Gasteiger partial charge in [0.1, 0.15) is 11.5 Å². The summed E-state index contributed by atoms with van der Waals surface area (Å²) < 4.78 is 6.52. The maximum atomic E-state index is 6.52. The van der Waals surface area contributed by atoms with E-state index in [0.717, 1.165) is 17.9 Å². The Morgan fingerprint density at radius 3 is 1.83 bits per heavy atom. The largest absolute Gasteiger partial charge is 0.462 e. The fourth-order valence-electron chi connectivity index (χ4n) is 7.41. The Labute approximate surface area is 254 Å². The molecule has 0 amide bonds. The molecule has 0 fully saturated rings. The molecule has 42 heavy (non-hydrogen) atoms. The van der Waals surface area contributed by atoms with Crippen molar-refractivity contribution in [1.82, 2.24) is 0 Å². The smallest absolute Gasteiger partial charge is 0.156 e. The van der Waals surface area contributed by atoms with Crippen LogP contribution in [0.15, 0.2) is 118 Å². The van der Waals surface area contributed by atoms with Crippen molar-refractivity contribution in [3.05, 3.63) is 136 Å². The Morgan fingerprint density at radius 1 is 0.714 bits per heavy atom. The third-order valence-corrected chi connectivity index (χ3v) is 17.0. The van der Waals surface area contributed by atoms with E-state index in [2.05, 4.69) is 157 Å². The zero-order valence-electron chi connectivity index (χ0n) is 26.5. The summed E-state index contributed by atoms with van der Waals surface area (Å²) in [7, 11) is -4.35. The van der Waals surface area contributed by atoms with Crippen LogP contribution in [-0.2, 0) is 0 Å². The lowest BCUT2D eigenvalue weighted by Crippen LogP contribution is -2.64. The minimum atomic E-state index is -2.72. The van der Waals surface area contributed by atoms with Crippen molar-refractivity contribution in [2.75, 3.05) is 0 Å². The monoisotopic (exact) mass is 584 g/mol. The highest BCUT2D eigenvalue weighted by Gasteiger charge is 2.54. The summed E-state index contributed by atoms with van der Waals surface area (Å²) in [4.78, 5) is 0. The molecule has 0 radical (unpaired) electrons. The van der Waals surface area contributed by atoms with E-state index in [0.29, 0.717) is 0 Å². The van der Waals surface area contributed by atoms with E-state index in [1.54, 1.807) is 5.20 Å². The number of aryl methyl sites for hydroxylation is 1. The standard InChI is InChI=1S/C39H44OSi2/c1-27-24-29(39(3,4)5)25-37(27)42(30-16-11-9-12-17-30,31-18-13-10-14-19-31)38-32-20-15-21-36(41(6,7)8)33(32)26-34(38)35-23-22-28(2)40-35/h9-24,26,38H,25H2,1-8H3. The van der Waals surface area contributed by atoms with Crippen LogP contribution in [0.2, 0.25) is 19.6 Å². The molecule has 0 saturated heterocycles. The molecule has 0 bridgehead atoms. The fraction of sp³-hybridized carbons (Fsp3) is 0.282. The Bertz CT molecular complexity index is 1680. The topological polar surface area (TPSA) is 13.1 Å². The molecule has 2 aliphatic rings.